The first-order chi connectivity index (χ1) is 23.6. The molecule has 0 aromatic heterocycles. The van der Waals surface area contributed by atoms with E-state index in [1.54, 1.807) is 0 Å². The number of unbranched alkanes of at least 4 members (excludes halogenated alkanes) is 16. The highest BCUT2D eigenvalue weighted by Gasteiger charge is 2.11. The minimum absolute atomic E-state index is 0.0861. The number of carbonyl (C=O) groups is 2. The first-order valence-corrected chi connectivity index (χ1v) is 19.9. The van der Waals surface area contributed by atoms with Gasteiger partial charge in [0.1, 0.15) is 6.10 Å². The van der Waals surface area contributed by atoms with Crippen molar-refractivity contribution in [3.63, 3.8) is 0 Å². The zero-order chi connectivity index (χ0) is 35.0. The Hall–Kier alpha value is -2.62. The van der Waals surface area contributed by atoms with E-state index in [4.69, 9.17) is 9.84 Å². The van der Waals surface area contributed by atoms with E-state index in [0.29, 0.717) is 6.42 Å². The van der Waals surface area contributed by atoms with Gasteiger partial charge in [-0.3, -0.25) is 9.59 Å². The highest BCUT2D eigenvalue weighted by molar-refractivity contribution is 5.69. The summed E-state index contributed by atoms with van der Waals surface area (Å²) < 4.78 is 5.88. The average Bonchev–Trinajstić information content (AvgIpc) is 3.07. The van der Waals surface area contributed by atoms with E-state index in [2.05, 4.69) is 86.8 Å². The van der Waals surface area contributed by atoms with E-state index in [9.17, 15) is 9.59 Å². The highest BCUT2D eigenvalue weighted by Crippen LogP contribution is 2.15. The topological polar surface area (TPSA) is 63.6 Å². The van der Waals surface area contributed by atoms with Crippen molar-refractivity contribution in [3.05, 3.63) is 72.9 Å². The van der Waals surface area contributed by atoms with Crippen molar-refractivity contribution in [2.24, 2.45) is 0 Å². The summed E-state index contributed by atoms with van der Waals surface area (Å²) in [5.74, 6) is -0.805. The number of aliphatic carboxylic acids is 1. The fourth-order valence-electron chi connectivity index (χ4n) is 5.41. The molecule has 0 fully saturated rings. The molecule has 4 nitrogen and oxygen atoms in total. The van der Waals surface area contributed by atoms with E-state index < -0.39 is 5.97 Å². The lowest BCUT2D eigenvalue weighted by Crippen LogP contribution is -2.16. The molecule has 1 atom stereocenters. The van der Waals surface area contributed by atoms with Gasteiger partial charge in [0.25, 0.3) is 0 Å². The van der Waals surface area contributed by atoms with Crippen LogP contribution in [0.2, 0.25) is 0 Å². The Kier molecular flexibility index (Phi) is 36.7. The van der Waals surface area contributed by atoms with E-state index in [0.717, 1.165) is 83.5 Å². The molecule has 1 N–H and O–H groups in total. The molecule has 1 unspecified atom stereocenters. The van der Waals surface area contributed by atoms with Gasteiger partial charge in [-0.1, -0.05) is 151 Å². The monoisotopic (exact) mass is 667 g/mol. The fourth-order valence-corrected chi connectivity index (χ4v) is 5.41. The number of carbonyl (C=O) groups excluding carboxylic acids is 1. The normalized spacial score (nSPS) is 13.0. The van der Waals surface area contributed by atoms with E-state index >= 15 is 0 Å². The van der Waals surface area contributed by atoms with Crippen LogP contribution < -0.4 is 0 Å². The van der Waals surface area contributed by atoms with E-state index in [1.165, 1.54) is 77.0 Å². The maximum Gasteiger partial charge on any atom is 0.306 e. The van der Waals surface area contributed by atoms with Crippen molar-refractivity contribution < 1.29 is 19.4 Å². The number of esters is 1. The van der Waals surface area contributed by atoms with Crippen LogP contribution >= 0.6 is 0 Å². The lowest BCUT2D eigenvalue weighted by Gasteiger charge is -2.14. The molecule has 4 heteroatoms. The van der Waals surface area contributed by atoms with Crippen molar-refractivity contribution in [2.45, 2.75) is 193 Å². The Morgan fingerprint density at radius 3 is 1.38 bits per heavy atom. The molecule has 48 heavy (non-hydrogen) atoms. The summed E-state index contributed by atoms with van der Waals surface area (Å²) in [5, 5.41) is 8.81. The predicted molar refractivity (Wildman–Crippen MR) is 208 cm³/mol. The van der Waals surface area contributed by atoms with Crippen LogP contribution in [0.15, 0.2) is 72.9 Å². The molecule has 0 saturated carbocycles. The molecular formula is C44H74O4. The van der Waals surface area contributed by atoms with Gasteiger partial charge in [0, 0.05) is 12.8 Å². The van der Waals surface area contributed by atoms with Crippen LogP contribution in [-0.2, 0) is 14.3 Å². The van der Waals surface area contributed by atoms with Gasteiger partial charge >= 0.3 is 11.9 Å². The zero-order valence-corrected chi connectivity index (χ0v) is 31.3. The van der Waals surface area contributed by atoms with Crippen molar-refractivity contribution in [2.75, 3.05) is 0 Å². The number of ether oxygens (including phenoxy) is 1. The number of hydrogen-bond donors (Lipinski definition) is 1. The lowest BCUT2D eigenvalue weighted by atomic mass is 10.1. The van der Waals surface area contributed by atoms with Crippen molar-refractivity contribution >= 4 is 11.9 Å². The van der Waals surface area contributed by atoms with Gasteiger partial charge in [-0.15, -0.1) is 0 Å². The molecule has 0 aliphatic rings. The molecule has 0 aromatic rings. The first-order valence-electron chi connectivity index (χ1n) is 19.9. The largest absolute Gasteiger partial charge is 0.481 e. The van der Waals surface area contributed by atoms with Gasteiger partial charge in [0.15, 0.2) is 0 Å². The number of allylic oxidation sites excluding steroid dienone is 11. The number of rotatable bonds is 35. The highest BCUT2D eigenvalue weighted by atomic mass is 16.5. The maximum absolute atomic E-state index is 12.6. The first kappa shape index (κ1) is 45.4. The van der Waals surface area contributed by atoms with Crippen LogP contribution in [0, 0.1) is 0 Å². The van der Waals surface area contributed by atoms with Crippen molar-refractivity contribution in [1.29, 1.82) is 0 Å². The minimum atomic E-state index is -0.719. The standard InChI is InChI=1S/C44H74O4/c1-3-5-7-9-11-13-15-16-17-18-19-20-21-22-24-26-28-33-37-41-44(47)48-42(39-35-31-29-32-36-40-43(45)46)38-34-30-27-25-23-14-12-10-8-6-4-2/h11-14,16-17,19-20,25,27,34,38,42H,3-10,15,18,21-24,26,28-33,35-37,39-41H2,1-2H3,(H,45,46)/b13-11-,14-12-,17-16-,20-19-,27-25-,38-34-. The molecule has 0 radical (unpaired) electrons. The summed E-state index contributed by atoms with van der Waals surface area (Å²) in [4.78, 5) is 23.3. The van der Waals surface area contributed by atoms with Crippen LogP contribution in [0.4, 0.5) is 0 Å². The Morgan fingerprint density at radius 2 is 0.875 bits per heavy atom. The maximum atomic E-state index is 12.6. The molecular weight excluding hydrogens is 592 g/mol. The smallest absolute Gasteiger partial charge is 0.306 e. The molecule has 0 saturated heterocycles. The Bertz CT molecular complexity index is 892. The summed E-state index contributed by atoms with van der Waals surface area (Å²) >= 11 is 0. The molecule has 0 amide bonds. The summed E-state index contributed by atoms with van der Waals surface area (Å²) in [5.41, 5.74) is 0. The van der Waals surface area contributed by atoms with Crippen LogP contribution in [0.5, 0.6) is 0 Å². The van der Waals surface area contributed by atoms with Crippen molar-refractivity contribution in [3.8, 4) is 0 Å². The van der Waals surface area contributed by atoms with Gasteiger partial charge < -0.3 is 9.84 Å². The molecule has 0 aliphatic carbocycles. The van der Waals surface area contributed by atoms with Crippen LogP contribution in [0.25, 0.3) is 0 Å². The number of hydrogen-bond acceptors (Lipinski definition) is 3. The van der Waals surface area contributed by atoms with Gasteiger partial charge in [0.05, 0.1) is 0 Å². The van der Waals surface area contributed by atoms with Crippen LogP contribution in [-0.4, -0.2) is 23.1 Å². The number of carboxylic acid groups (broad SMARTS) is 1. The second kappa shape index (κ2) is 38.8. The van der Waals surface area contributed by atoms with Gasteiger partial charge in [-0.2, -0.15) is 0 Å². The third kappa shape index (κ3) is 37.8. The molecule has 0 aromatic carbocycles. The third-order valence-corrected chi connectivity index (χ3v) is 8.39. The SMILES string of the molecule is CCCCC/C=C\C/C=C\C/C=C\CCCCCCCCC(=O)OC(/C=C\C/C=C\C/C=C\CCCCC)CCCCCCCC(=O)O. The second-order valence-corrected chi connectivity index (χ2v) is 13.1. The van der Waals surface area contributed by atoms with E-state index in [-0.39, 0.29) is 18.5 Å². The average molecular weight is 667 g/mol. The predicted octanol–water partition coefficient (Wildman–Crippen LogP) is 13.9. The summed E-state index contributed by atoms with van der Waals surface area (Å²) in [7, 11) is 0. The molecule has 274 valence electrons. The summed E-state index contributed by atoms with van der Waals surface area (Å²) in [6, 6.07) is 0. The van der Waals surface area contributed by atoms with E-state index in [1.807, 2.05) is 0 Å². The third-order valence-electron chi connectivity index (χ3n) is 8.39. The van der Waals surface area contributed by atoms with Gasteiger partial charge in [-0.05, 0) is 96.0 Å². The molecule has 0 heterocycles. The molecule has 0 spiro atoms. The van der Waals surface area contributed by atoms with Gasteiger partial charge in [-0.25, -0.2) is 0 Å². The summed E-state index contributed by atoms with van der Waals surface area (Å²) in [6.45, 7) is 4.48. The lowest BCUT2D eigenvalue weighted by molar-refractivity contribution is -0.147. The molecule has 0 rings (SSSR count). The fraction of sp³-hybridized carbons (Fsp3) is 0.682. The zero-order valence-electron chi connectivity index (χ0n) is 31.3. The van der Waals surface area contributed by atoms with Crippen LogP contribution in [0.1, 0.15) is 187 Å². The van der Waals surface area contributed by atoms with Crippen LogP contribution in [0.3, 0.4) is 0 Å². The number of carboxylic acids is 1. The molecule has 0 bridgehead atoms. The summed E-state index contributed by atoms with van der Waals surface area (Å²) in [6.07, 6.45) is 55.0. The Balaban J connectivity index is 4.16. The minimum Gasteiger partial charge on any atom is -0.481 e. The van der Waals surface area contributed by atoms with Crippen molar-refractivity contribution in [1.82, 2.24) is 0 Å². The Morgan fingerprint density at radius 1 is 0.479 bits per heavy atom. The second-order valence-electron chi connectivity index (χ2n) is 13.1. The Labute approximate surface area is 297 Å². The van der Waals surface area contributed by atoms with Gasteiger partial charge in [0.2, 0.25) is 0 Å². The molecule has 0 aliphatic heterocycles. The quantitative estimate of drug-likeness (QED) is 0.0415.